The van der Waals surface area contributed by atoms with Crippen molar-refractivity contribution in [2.45, 2.75) is 0 Å². The van der Waals surface area contributed by atoms with Gasteiger partial charge in [-0.25, -0.2) is 9.97 Å². The first-order valence-electron chi connectivity index (χ1n) is 5.70. The molecule has 18 heavy (non-hydrogen) atoms. The van der Waals surface area contributed by atoms with Gasteiger partial charge in [0.25, 0.3) is 0 Å². The van der Waals surface area contributed by atoms with Crippen molar-refractivity contribution in [3.8, 4) is 17.0 Å². The highest BCUT2D eigenvalue weighted by atomic mass is 16.5. The van der Waals surface area contributed by atoms with E-state index < -0.39 is 0 Å². The van der Waals surface area contributed by atoms with Crippen molar-refractivity contribution in [2.75, 3.05) is 7.11 Å². The molecule has 0 aliphatic rings. The summed E-state index contributed by atoms with van der Waals surface area (Å²) in [7, 11) is 3.64. The first-order chi connectivity index (χ1) is 8.79. The van der Waals surface area contributed by atoms with Crippen molar-refractivity contribution in [3.63, 3.8) is 0 Å². The van der Waals surface area contributed by atoms with Gasteiger partial charge in [-0.15, -0.1) is 0 Å². The molecule has 90 valence electrons. The Morgan fingerprint density at radius 3 is 2.89 bits per heavy atom. The van der Waals surface area contributed by atoms with E-state index in [0.717, 1.165) is 28.0 Å². The fraction of sp³-hybridized carbons (Fsp3) is 0.143. The van der Waals surface area contributed by atoms with Crippen molar-refractivity contribution in [2.24, 2.45) is 7.05 Å². The Hall–Kier alpha value is -2.36. The van der Waals surface area contributed by atoms with Gasteiger partial charge in [0, 0.05) is 24.2 Å². The molecule has 0 saturated carbocycles. The molecule has 0 radical (unpaired) electrons. The van der Waals surface area contributed by atoms with E-state index in [2.05, 4.69) is 9.97 Å². The molecule has 0 aliphatic carbocycles. The Balaban J connectivity index is 2.24. The molecule has 4 heteroatoms. The normalized spacial score (nSPS) is 10.8. The van der Waals surface area contributed by atoms with Crippen LogP contribution in [0.2, 0.25) is 0 Å². The highest BCUT2D eigenvalue weighted by molar-refractivity contribution is 5.91. The molecule has 0 fully saturated rings. The maximum absolute atomic E-state index is 5.24. The number of ether oxygens (including phenoxy) is 1. The number of methoxy groups -OCH3 is 1. The van der Waals surface area contributed by atoms with Gasteiger partial charge >= 0.3 is 0 Å². The summed E-state index contributed by atoms with van der Waals surface area (Å²) in [6.07, 6.45) is 3.58. The third-order valence-electron chi connectivity index (χ3n) is 3.00. The summed E-state index contributed by atoms with van der Waals surface area (Å²) in [5.41, 5.74) is 2.90. The topological polar surface area (TPSA) is 39.9 Å². The van der Waals surface area contributed by atoms with Gasteiger partial charge in [-0.3, -0.25) is 0 Å². The highest BCUT2D eigenvalue weighted by Gasteiger charge is 2.09. The molecule has 4 nitrogen and oxygen atoms in total. The van der Waals surface area contributed by atoms with Gasteiger partial charge in [0.1, 0.15) is 17.7 Å². The third-order valence-corrected chi connectivity index (χ3v) is 3.00. The maximum Gasteiger partial charge on any atom is 0.143 e. The van der Waals surface area contributed by atoms with Crippen molar-refractivity contribution >= 4 is 11.0 Å². The number of aromatic nitrogens is 3. The Labute approximate surface area is 105 Å². The standard InChI is InChI=1S/C14H13N3O/c1-17-7-6-12-13(15-9-16-14(12)17)10-4-3-5-11(8-10)18-2/h3-9H,1-2H3. The van der Waals surface area contributed by atoms with Gasteiger partial charge in [0.15, 0.2) is 0 Å². The van der Waals surface area contributed by atoms with Crippen LogP contribution in [0, 0.1) is 0 Å². The minimum absolute atomic E-state index is 0.829. The summed E-state index contributed by atoms with van der Waals surface area (Å²) in [5.74, 6) is 0.829. The Bertz CT molecular complexity index is 703. The summed E-state index contributed by atoms with van der Waals surface area (Å²) in [6.45, 7) is 0. The van der Waals surface area contributed by atoms with Crippen LogP contribution in [0.15, 0.2) is 42.9 Å². The molecular weight excluding hydrogens is 226 g/mol. The van der Waals surface area contributed by atoms with E-state index in [1.807, 2.05) is 48.1 Å². The molecule has 0 bridgehead atoms. The second kappa shape index (κ2) is 4.14. The Morgan fingerprint density at radius 1 is 1.17 bits per heavy atom. The summed E-state index contributed by atoms with van der Waals surface area (Å²) >= 11 is 0. The summed E-state index contributed by atoms with van der Waals surface area (Å²) in [4.78, 5) is 8.68. The van der Waals surface area contributed by atoms with Gasteiger partial charge in [-0.2, -0.15) is 0 Å². The second-order valence-corrected chi connectivity index (χ2v) is 4.12. The molecular formula is C14H13N3O. The van der Waals surface area contributed by atoms with E-state index >= 15 is 0 Å². The van der Waals surface area contributed by atoms with Gasteiger partial charge in [-0.1, -0.05) is 12.1 Å². The minimum Gasteiger partial charge on any atom is -0.497 e. The van der Waals surface area contributed by atoms with E-state index in [4.69, 9.17) is 4.74 Å². The highest BCUT2D eigenvalue weighted by Crippen LogP contribution is 2.27. The fourth-order valence-electron chi connectivity index (χ4n) is 2.08. The zero-order valence-electron chi connectivity index (χ0n) is 10.3. The average molecular weight is 239 g/mol. The number of rotatable bonds is 2. The third kappa shape index (κ3) is 1.62. The van der Waals surface area contributed by atoms with Crippen LogP contribution in [0.3, 0.4) is 0 Å². The number of fused-ring (bicyclic) bond motifs is 1. The van der Waals surface area contributed by atoms with Crippen molar-refractivity contribution < 1.29 is 4.74 Å². The summed E-state index contributed by atoms with van der Waals surface area (Å²) < 4.78 is 7.23. The predicted octanol–water partition coefficient (Wildman–Crippen LogP) is 2.64. The lowest BCUT2D eigenvalue weighted by Crippen LogP contribution is -1.92. The SMILES string of the molecule is COc1cccc(-c2ncnc3c2ccn3C)c1. The number of aryl methyl sites for hydroxylation is 1. The molecule has 1 aromatic carbocycles. The molecule has 2 aromatic heterocycles. The molecule has 3 rings (SSSR count). The Morgan fingerprint density at radius 2 is 2.06 bits per heavy atom. The summed E-state index contributed by atoms with van der Waals surface area (Å²) in [6, 6.07) is 9.92. The molecule has 0 amide bonds. The minimum atomic E-state index is 0.829. The fourth-order valence-corrected chi connectivity index (χ4v) is 2.08. The van der Waals surface area contributed by atoms with Crippen LogP contribution in [0.1, 0.15) is 0 Å². The zero-order valence-corrected chi connectivity index (χ0v) is 10.3. The molecule has 0 atom stereocenters. The van der Waals surface area contributed by atoms with Crippen LogP contribution in [0.25, 0.3) is 22.3 Å². The Kier molecular flexibility index (Phi) is 2.48. The van der Waals surface area contributed by atoms with E-state index in [1.54, 1.807) is 13.4 Å². The van der Waals surface area contributed by atoms with E-state index in [9.17, 15) is 0 Å². The van der Waals surface area contributed by atoms with E-state index in [1.165, 1.54) is 0 Å². The van der Waals surface area contributed by atoms with Crippen molar-refractivity contribution in [1.82, 2.24) is 14.5 Å². The van der Waals surface area contributed by atoms with Crippen LogP contribution in [0.4, 0.5) is 0 Å². The van der Waals surface area contributed by atoms with Gasteiger partial charge in [-0.05, 0) is 18.2 Å². The van der Waals surface area contributed by atoms with E-state index in [-0.39, 0.29) is 0 Å². The van der Waals surface area contributed by atoms with Gasteiger partial charge in [0.2, 0.25) is 0 Å². The number of hydrogen-bond acceptors (Lipinski definition) is 3. The molecule has 2 heterocycles. The lowest BCUT2D eigenvalue weighted by Gasteiger charge is -2.05. The van der Waals surface area contributed by atoms with Crippen LogP contribution >= 0.6 is 0 Å². The second-order valence-electron chi connectivity index (χ2n) is 4.12. The number of hydrogen-bond donors (Lipinski definition) is 0. The first kappa shape index (κ1) is 10.8. The van der Waals surface area contributed by atoms with Crippen molar-refractivity contribution in [1.29, 1.82) is 0 Å². The number of benzene rings is 1. The smallest absolute Gasteiger partial charge is 0.143 e. The average Bonchev–Trinajstić information content (AvgIpc) is 2.81. The largest absolute Gasteiger partial charge is 0.497 e. The number of nitrogens with zero attached hydrogens (tertiary/aromatic N) is 3. The molecule has 0 saturated heterocycles. The zero-order chi connectivity index (χ0) is 12.5. The molecule has 0 spiro atoms. The van der Waals surface area contributed by atoms with Gasteiger partial charge < -0.3 is 9.30 Å². The van der Waals surface area contributed by atoms with E-state index in [0.29, 0.717) is 0 Å². The van der Waals surface area contributed by atoms with Crippen LogP contribution in [-0.4, -0.2) is 21.6 Å². The molecule has 0 aliphatic heterocycles. The molecule has 3 aromatic rings. The lowest BCUT2D eigenvalue weighted by atomic mass is 10.1. The monoisotopic (exact) mass is 239 g/mol. The van der Waals surface area contributed by atoms with Crippen LogP contribution in [-0.2, 0) is 7.05 Å². The molecule has 0 unspecified atom stereocenters. The van der Waals surface area contributed by atoms with Crippen LogP contribution in [0.5, 0.6) is 5.75 Å². The predicted molar refractivity (Wildman–Crippen MR) is 70.5 cm³/mol. The lowest BCUT2D eigenvalue weighted by molar-refractivity contribution is 0.415. The quantitative estimate of drug-likeness (QED) is 0.690. The van der Waals surface area contributed by atoms with Crippen molar-refractivity contribution in [3.05, 3.63) is 42.9 Å². The maximum atomic E-state index is 5.24. The van der Waals surface area contributed by atoms with Gasteiger partial charge in [0.05, 0.1) is 12.8 Å². The first-order valence-corrected chi connectivity index (χ1v) is 5.70. The summed E-state index contributed by atoms with van der Waals surface area (Å²) in [5, 5.41) is 1.05. The molecule has 0 N–H and O–H groups in total. The van der Waals surface area contributed by atoms with Crippen LogP contribution < -0.4 is 4.74 Å².